The van der Waals surface area contributed by atoms with E-state index in [9.17, 15) is 21.6 Å². The van der Waals surface area contributed by atoms with E-state index in [0.717, 1.165) is 38.9 Å². The maximum Gasteiger partial charge on any atom is 0.248 e. The Bertz CT molecular complexity index is 973. The third-order valence-corrected chi connectivity index (χ3v) is 10.7. The first-order chi connectivity index (χ1) is 15.6. The molecule has 0 radical (unpaired) electrons. The van der Waals surface area contributed by atoms with Crippen molar-refractivity contribution in [2.75, 3.05) is 24.4 Å². The predicted molar refractivity (Wildman–Crippen MR) is 123 cm³/mol. The molecular formula is C25H35F3N2O2S. The van der Waals surface area contributed by atoms with Gasteiger partial charge in [-0.15, -0.1) is 0 Å². The number of sulfonamides is 1. The Labute approximate surface area is 195 Å². The lowest BCUT2D eigenvalue weighted by molar-refractivity contribution is -0.0468. The van der Waals surface area contributed by atoms with Gasteiger partial charge in [-0.05, 0) is 93.0 Å². The second-order valence-electron chi connectivity index (χ2n) is 10.8. The van der Waals surface area contributed by atoms with Gasteiger partial charge in [0.15, 0.2) is 0 Å². The van der Waals surface area contributed by atoms with Crippen molar-refractivity contribution in [3.8, 4) is 0 Å². The lowest BCUT2D eigenvalue weighted by atomic mass is 9.84. The number of nitrogens with zero attached hydrogens (tertiary/aromatic N) is 1. The molecule has 4 fully saturated rings. The highest BCUT2D eigenvalue weighted by molar-refractivity contribution is 7.93. The van der Waals surface area contributed by atoms with Gasteiger partial charge in [-0.1, -0.05) is 6.92 Å². The SMILES string of the molecule is CC[C@]1(c2cc(NS(=O)(=O)C3CC3)ccc2F)[C@@H]2CN(CCCC3CCC(F)(F)CC3)C[C@@H]21. The Morgan fingerprint density at radius 2 is 1.76 bits per heavy atom. The summed E-state index contributed by atoms with van der Waals surface area (Å²) in [5.74, 6) is -1.50. The zero-order valence-electron chi connectivity index (χ0n) is 19.3. The molecule has 33 heavy (non-hydrogen) atoms. The first-order valence-electron chi connectivity index (χ1n) is 12.6. The van der Waals surface area contributed by atoms with Crippen molar-refractivity contribution in [2.24, 2.45) is 17.8 Å². The van der Waals surface area contributed by atoms with Gasteiger partial charge in [-0.2, -0.15) is 0 Å². The van der Waals surface area contributed by atoms with Crippen LogP contribution in [0.1, 0.15) is 70.3 Å². The fourth-order valence-corrected chi connectivity index (χ4v) is 8.05. The van der Waals surface area contributed by atoms with Crippen LogP contribution in [0.3, 0.4) is 0 Å². The van der Waals surface area contributed by atoms with Crippen molar-refractivity contribution in [1.29, 1.82) is 0 Å². The Balaban J connectivity index is 1.17. The van der Waals surface area contributed by atoms with Gasteiger partial charge in [-0.3, -0.25) is 4.72 Å². The van der Waals surface area contributed by atoms with Crippen LogP contribution in [0, 0.1) is 23.6 Å². The van der Waals surface area contributed by atoms with E-state index in [0.29, 0.717) is 54.7 Å². The van der Waals surface area contributed by atoms with Gasteiger partial charge in [0.1, 0.15) is 5.82 Å². The Morgan fingerprint density at radius 1 is 1.09 bits per heavy atom. The fraction of sp³-hybridized carbons (Fsp3) is 0.760. The van der Waals surface area contributed by atoms with E-state index >= 15 is 0 Å². The number of alkyl halides is 2. The minimum absolute atomic E-state index is 0.0337. The van der Waals surface area contributed by atoms with Crippen LogP contribution in [-0.2, 0) is 15.4 Å². The largest absolute Gasteiger partial charge is 0.303 e. The summed E-state index contributed by atoms with van der Waals surface area (Å²) < 4.78 is 68.9. The third kappa shape index (κ3) is 4.54. The molecule has 1 heterocycles. The average Bonchev–Trinajstić information content (AvgIpc) is 3.67. The van der Waals surface area contributed by atoms with Crippen LogP contribution in [0.5, 0.6) is 0 Å². The van der Waals surface area contributed by atoms with Crippen LogP contribution >= 0.6 is 0 Å². The molecule has 184 valence electrons. The van der Waals surface area contributed by atoms with Crippen molar-refractivity contribution in [3.05, 3.63) is 29.6 Å². The summed E-state index contributed by atoms with van der Waals surface area (Å²) in [7, 11) is -3.38. The number of anilines is 1. The van der Waals surface area contributed by atoms with Gasteiger partial charge in [0.2, 0.25) is 15.9 Å². The van der Waals surface area contributed by atoms with Crippen LogP contribution < -0.4 is 4.72 Å². The second-order valence-corrected chi connectivity index (χ2v) is 12.8. The van der Waals surface area contributed by atoms with Crippen molar-refractivity contribution in [1.82, 2.24) is 4.90 Å². The van der Waals surface area contributed by atoms with E-state index in [1.165, 1.54) is 12.1 Å². The number of hydrogen-bond acceptors (Lipinski definition) is 3. The van der Waals surface area contributed by atoms with Gasteiger partial charge < -0.3 is 4.90 Å². The lowest BCUT2D eigenvalue weighted by Gasteiger charge is -2.30. The number of fused-ring (bicyclic) bond motifs is 1. The number of nitrogens with one attached hydrogen (secondary N) is 1. The maximum absolute atomic E-state index is 14.9. The summed E-state index contributed by atoms with van der Waals surface area (Å²) in [5.41, 5.74) is 0.904. The maximum atomic E-state index is 14.9. The molecule has 4 nitrogen and oxygen atoms in total. The highest BCUT2D eigenvalue weighted by Gasteiger charge is 2.68. The first kappa shape index (κ1) is 23.5. The minimum Gasteiger partial charge on any atom is -0.303 e. The summed E-state index contributed by atoms with van der Waals surface area (Å²) in [6.45, 7) is 4.93. The molecule has 3 saturated carbocycles. The minimum atomic E-state index is -3.38. The van der Waals surface area contributed by atoms with Crippen molar-refractivity contribution < 1.29 is 21.6 Å². The molecule has 4 aliphatic rings. The zero-order chi connectivity index (χ0) is 23.4. The standard InChI is InChI=1S/C25H35F3N2O2S/c1-2-25(20-14-18(5-8-23(20)26)29-33(31,32)19-6-7-19)21-15-30(16-22(21)25)13-3-4-17-9-11-24(27,28)12-10-17/h5,8,14,17,19,21-22,29H,2-4,6-7,9-13,15-16H2,1H3/t21-,22+,25+. The number of rotatable bonds is 9. The van der Waals surface area contributed by atoms with Crippen LogP contribution in [0.4, 0.5) is 18.9 Å². The molecule has 0 unspecified atom stereocenters. The Morgan fingerprint density at radius 3 is 2.36 bits per heavy atom. The highest BCUT2D eigenvalue weighted by atomic mass is 32.2. The lowest BCUT2D eigenvalue weighted by Crippen LogP contribution is -2.32. The zero-order valence-corrected chi connectivity index (χ0v) is 20.1. The topological polar surface area (TPSA) is 49.4 Å². The van der Waals surface area contributed by atoms with Gasteiger partial charge in [0.05, 0.1) is 5.25 Å². The number of hydrogen-bond donors (Lipinski definition) is 1. The van der Waals surface area contributed by atoms with Crippen LogP contribution in [0.2, 0.25) is 0 Å². The van der Waals surface area contributed by atoms with E-state index in [1.807, 2.05) is 0 Å². The monoisotopic (exact) mass is 484 g/mol. The van der Waals surface area contributed by atoms with Crippen LogP contribution in [0.25, 0.3) is 0 Å². The number of piperidine rings is 1. The van der Waals surface area contributed by atoms with E-state index in [2.05, 4.69) is 16.5 Å². The van der Waals surface area contributed by atoms with Crippen molar-refractivity contribution in [2.45, 2.75) is 81.3 Å². The summed E-state index contributed by atoms with van der Waals surface area (Å²) in [6, 6.07) is 4.64. The number of halogens is 3. The van der Waals surface area contributed by atoms with E-state index in [1.54, 1.807) is 6.07 Å². The molecule has 1 aromatic carbocycles. The average molecular weight is 485 g/mol. The summed E-state index contributed by atoms with van der Waals surface area (Å²) >= 11 is 0. The molecule has 0 spiro atoms. The normalized spacial score (nSPS) is 32.0. The van der Waals surface area contributed by atoms with Crippen molar-refractivity contribution in [3.63, 3.8) is 0 Å². The molecule has 1 N–H and O–H groups in total. The molecule has 1 aromatic rings. The fourth-order valence-electron chi connectivity index (χ4n) is 6.68. The van der Waals surface area contributed by atoms with Gasteiger partial charge in [0, 0.05) is 37.0 Å². The molecule has 1 aliphatic heterocycles. The van der Waals surface area contributed by atoms with E-state index in [-0.39, 0.29) is 29.3 Å². The quantitative estimate of drug-likeness (QED) is 0.500. The third-order valence-electron chi connectivity index (χ3n) is 8.81. The van der Waals surface area contributed by atoms with Crippen LogP contribution in [0.15, 0.2) is 18.2 Å². The highest BCUT2D eigenvalue weighted by Crippen LogP contribution is 2.66. The van der Waals surface area contributed by atoms with E-state index < -0.39 is 15.9 Å². The predicted octanol–water partition coefficient (Wildman–Crippen LogP) is 5.54. The van der Waals surface area contributed by atoms with Gasteiger partial charge in [0.25, 0.3) is 0 Å². The molecule has 3 aliphatic carbocycles. The molecule has 0 aromatic heterocycles. The summed E-state index contributed by atoms with van der Waals surface area (Å²) in [4.78, 5) is 2.44. The van der Waals surface area contributed by atoms with Crippen LogP contribution in [-0.4, -0.2) is 44.1 Å². The summed E-state index contributed by atoms with van der Waals surface area (Å²) in [5, 5.41) is -0.315. The number of benzene rings is 1. The summed E-state index contributed by atoms with van der Waals surface area (Å²) in [6.07, 6.45) is 5.60. The molecule has 0 bridgehead atoms. The van der Waals surface area contributed by atoms with E-state index in [4.69, 9.17) is 0 Å². The Hall–Kier alpha value is -1.28. The Kier molecular flexibility index (Phi) is 6.00. The van der Waals surface area contributed by atoms with Gasteiger partial charge in [-0.25, -0.2) is 21.6 Å². The second kappa shape index (κ2) is 8.43. The first-order valence-corrected chi connectivity index (χ1v) is 14.1. The number of likely N-dealkylation sites (tertiary alicyclic amines) is 1. The smallest absolute Gasteiger partial charge is 0.248 e. The molecule has 8 heteroatoms. The molecule has 0 amide bonds. The van der Waals surface area contributed by atoms with Gasteiger partial charge >= 0.3 is 0 Å². The molecular weight excluding hydrogens is 449 g/mol. The molecule has 5 rings (SSSR count). The molecule has 3 atom stereocenters. The molecule has 1 saturated heterocycles. The van der Waals surface area contributed by atoms with Crippen molar-refractivity contribution >= 4 is 15.7 Å².